The average Bonchev–Trinajstić information content (AvgIpc) is 2.93. The van der Waals surface area contributed by atoms with Gasteiger partial charge in [0, 0.05) is 29.0 Å². The Morgan fingerprint density at radius 2 is 2.33 bits per heavy atom. The van der Waals surface area contributed by atoms with Crippen LogP contribution in [0.2, 0.25) is 0 Å². The van der Waals surface area contributed by atoms with E-state index in [4.69, 9.17) is 12.2 Å². The van der Waals surface area contributed by atoms with Gasteiger partial charge in [0.1, 0.15) is 0 Å². The van der Waals surface area contributed by atoms with E-state index in [2.05, 4.69) is 36.3 Å². The lowest BCUT2D eigenvalue weighted by Crippen LogP contribution is -2.02. The van der Waals surface area contributed by atoms with Crippen LogP contribution in [0.25, 0.3) is 11.2 Å². The summed E-state index contributed by atoms with van der Waals surface area (Å²) in [6, 6.07) is 1.98. The van der Waals surface area contributed by atoms with Crippen LogP contribution in [0.1, 0.15) is 5.69 Å². The van der Waals surface area contributed by atoms with E-state index >= 15 is 0 Å². The molecule has 0 aliphatic heterocycles. The van der Waals surface area contributed by atoms with Crippen LogP contribution in [-0.2, 0) is 13.0 Å². The lowest BCUT2D eigenvalue weighted by atomic mass is 10.3. The number of pyridine rings is 1. The van der Waals surface area contributed by atoms with Gasteiger partial charge in [0.15, 0.2) is 10.4 Å². The molecule has 18 heavy (non-hydrogen) atoms. The normalized spacial score (nSPS) is 11.2. The van der Waals surface area contributed by atoms with Gasteiger partial charge in [0.2, 0.25) is 0 Å². The summed E-state index contributed by atoms with van der Waals surface area (Å²) < 4.78 is 3.65. The number of nitrogens with zero attached hydrogens (tertiary/aromatic N) is 3. The third-order valence-corrected chi connectivity index (χ3v) is 4.04. The molecule has 0 amide bonds. The molecular formula is C11H9BrN4S2. The van der Waals surface area contributed by atoms with E-state index in [0.29, 0.717) is 4.77 Å². The van der Waals surface area contributed by atoms with Crippen molar-refractivity contribution < 1.29 is 0 Å². The van der Waals surface area contributed by atoms with Gasteiger partial charge in [-0.2, -0.15) is 0 Å². The number of H-pyrrole nitrogens is 1. The van der Waals surface area contributed by atoms with Crippen LogP contribution >= 0.6 is 39.5 Å². The molecule has 0 spiro atoms. The maximum absolute atomic E-state index is 5.33. The number of aromatic nitrogens is 4. The van der Waals surface area contributed by atoms with Crippen molar-refractivity contribution in [2.24, 2.45) is 0 Å². The van der Waals surface area contributed by atoms with Crippen molar-refractivity contribution in [1.29, 1.82) is 0 Å². The summed E-state index contributed by atoms with van der Waals surface area (Å²) in [6.45, 7) is 0.789. The summed E-state index contributed by atoms with van der Waals surface area (Å²) in [4.78, 5) is 11.8. The summed E-state index contributed by atoms with van der Waals surface area (Å²) in [6.07, 6.45) is 2.65. The highest BCUT2D eigenvalue weighted by Gasteiger charge is 2.06. The largest absolute Gasteiger partial charge is 0.329 e. The fourth-order valence-corrected chi connectivity index (χ4v) is 3.02. The predicted molar refractivity (Wildman–Crippen MR) is 78.4 cm³/mol. The van der Waals surface area contributed by atoms with Crippen molar-refractivity contribution in [3.8, 4) is 0 Å². The quantitative estimate of drug-likeness (QED) is 0.741. The van der Waals surface area contributed by atoms with Crippen LogP contribution in [0, 0.1) is 4.77 Å². The van der Waals surface area contributed by atoms with E-state index in [1.807, 2.05) is 16.1 Å². The third kappa shape index (κ3) is 2.25. The van der Waals surface area contributed by atoms with Crippen molar-refractivity contribution in [2.45, 2.75) is 13.0 Å². The van der Waals surface area contributed by atoms with Gasteiger partial charge < -0.3 is 9.55 Å². The van der Waals surface area contributed by atoms with Gasteiger partial charge in [-0.15, -0.1) is 11.3 Å². The number of thiazole rings is 1. The number of rotatable bonds is 3. The Hall–Kier alpha value is -1.05. The fourth-order valence-electron chi connectivity index (χ4n) is 1.81. The molecule has 4 nitrogen and oxygen atoms in total. The number of hydrogen-bond acceptors (Lipinski definition) is 4. The van der Waals surface area contributed by atoms with E-state index in [0.717, 1.165) is 34.3 Å². The molecule has 0 radical (unpaired) electrons. The topological polar surface area (TPSA) is 46.5 Å². The van der Waals surface area contributed by atoms with Gasteiger partial charge in [-0.25, -0.2) is 9.97 Å². The summed E-state index contributed by atoms with van der Waals surface area (Å²) in [5, 5.41) is 2.06. The second-order valence-electron chi connectivity index (χ2n) is 3.84. The van der Waals surface area contributed by atoms with Crippen molar-refractivity contribution in [3.05, 3.63) is 38.1 Å². The molecule has 0 saturated heterocycles. The number of fused-ring (bicyclic) bond motifs is 1. The first-order chi connectivity index (χ1) is 8.74. The first kappa shape index (κ1) is 12.0. The molecule has 7 heteroatoms. The molecule has 0 fully saturated rings. The van der Waals surface area contributed by atoms with E-state index in [1.165, 1.54) is 0 Å². The SMILES string of the molecule is S=c1[nH]c2cc(Br)cnc2n1CCc1cscn1. The molecular weight excluding hydrogens is 332 g/mol. The Bertz CT molecular complexity index is 729. The number of hydrogen-bond donors (Lipinski definition) is 1. The van der Waals surface area contributed by atoms with Gasteiger partial charge in [-0.3, -0.25) is 0 Å². The van der Waals surface area contributed by atoms with Crippen LogP contribution in [-0.4, -0.2) is 19.5 Å². The summed E-state index contributed by atoms with van der Waals surface area (Å²) >= 11 is 10.3. The minimum atomic E-state index is 0.700. The van der Waals surface area contributed by atoms with Gasteiger partial charge in [-0.1, -0.05) is 0 Å². The molecule has 0 bridgehead atoms. The molecule has 92 valence electrons. The van der Waals surface area contributed by atoms with Crippen molar-refractivity contribution in [2.75, 3.05) is 0 Å². The van der Waals surface area contributed by atoms with Crippen LogP contribution in [0.4, 0.5) is 0 Å². The van der Waals surface area contributed by atoms with E-state index in [1.54, 1.807) is 17.5 Å². The Morgan fingerprint density at radius 1 is 1.44 bits per heavy atom. The number of halogens is 1. The summed E-state index contributed by atoms with van der Waals surface area (Å²) in [7, 11) is 0. The molecule has 0 aliphatic carbocycles. The van der Waals surface area contributed by atoms with Gasteiger partial charge >= 0.3 is 0 Å². The Labute approximate surface area is 121 Å². The molecule has 0 aliphatic rings. The Kier molecular flexibility index (Phi) is 3.27. The van der Waals surface area contributed by atoms with E-state index < -0.39 is 0 Å². The lowest BCUT2D eigenvalue weighted by molar-refractivity contribution is 0.692. The Balaban J connectivity index is 1.96. The van der Waals surface area contributed by atoms with Crippen LogP contribution in [0.5, 0.6) is 0 Å². The summed E-state index contributed by atoms with van der Waals surface area (Å²) in [5.74, 6) is 0. The predicted octanol–water partition coefficient (Wildman–Crippen LogP) is 3.56. The zero-order valence-corrected chi connectivity index (χ0v) is 12.5. The zero-order chi connectivity index (χ0) is 12.5. The second-order valence-corrected chi connectivity index (χ2v) is 5.86. The molecule has 3 rings (SSSR count). The van der Waals surface area contributed by atoms with Crippen LogP contribution in [0.15, 0.2) is 27.6 Å². The standard InChI is InChI=1S/C11H9BrN4S2/c12-7-3-9-10(13-4-7)16(11(17)15-9)2-1-8-5-18-6-14-8/h3-6H,1-2H2,(H,15,17). The zero-order valence-electron chi connectivity index (χ0n) is 9.26. The first-order valence-corrected chi connectivity index (χ1v) is 7.49. The van der Waals surface area contributed by atoms with Crippen molar-refractivity contribution in [3.63, 3.8) is 0 Å². The Morgan fingerprint density at radius 3 is 3.11 bits per heavy atom. The molecule has 0 saturated carbocycles. The van der Waals surface area contributed by atoms with E-state index in [-0.39, 0.29) is 0 Å². The number of nitrogens with one attached hydrogen (secondary N) is 1. The lowest BCUT2D eigenvalue weighted by Gasteiger charge is -2.01. The maximum Gasteiger partial charge on any atom is 0.179 e. The fraction of sp³-hybridized carbons (Fsp3) is 0.182. The monoisotopic (exact) mass is 340 g/mol. The van der Waals surface area contributed by atoms with Gasteiger partial charge in [0.25, 0.3) is 0 Å². The molecule has 0 unspecified atom stereocenters. The van der Waals surface area contributed by atoms with Crippen molar-refractivity contribution in [1.82, 2.24) is 19.5 Å². The maximum atomic E-state index is 5.33. The molecule has 0 aromatic carbocycles. The average molecular weight is 341 g/mol. The first-order valence-electron chi connectivity index (χ1n) is 5.35. The van der Waals surface area contributed by atoms with Crippen LogP contribution < -0.4 is 0 Å². The number of imidazole rings is 1. The van der Waals surface area contributed by atoms with Crippen LogP contribution in [0.3, 0.4) is 0 Å². The molecule has 3 aromatic heterocycles. The number of aromatic amines is 1. The minimum absolute atomic E-state index is 0.700. The smallest absolute Gasteiger partial charge is 0.179 e. The molecule has 1 N–H and O–H groups in total. The van der Waals surface area contributed by atoms with E-state index in [9.17, 15) is 0 Å². The van der Waals surface area contributed by atoms with Gasteiger partial charge in [-0.05, 0) is 34.2 Å². The minimum Gasteiger partial charge on any atom is -0.329 e. The second kappa shape index (κ2) is 4.91. The highest BCUT2D eigenvalue weighted by Crippen LogP contribution is 2.17. The molecule has 0 atom stereocenters. The van der Waals surface area contributed by atoms with Gasteiger partial charge in [0.05, 0.1) is 16.7 Å². The molecule has 3 heterocycles. The highest BCUT2D eigenvalue weighted by molar-refractivity contribution is 9.10. The molecule has 3 aromatic rings. The van der Waals surface area contributed by atoms with Crippen molar-refractivity contribution >= 4 is 50.6 Å². The highest BCUT2D eigenvalue weighted by atomic mass is 79.9. The third-order valence-electron chi connectivity index (χ3n) is 2.65. The summed E-state index contributed by atoms with van der Waals surface area (Å²) in [5.41, 5.74) is 4.78. The number of aryl methyl sites for hydroxylation is 2.